The molecule has 0 bridgehead atoms. The van der Waals surface area contributed by atoms with Crippen molar-refractivity contribution in [2.75, 3.05) is 32.7 Å². The zero-order valence-electron chi connectivity index (χ0n) is 13.5. The van der Waals surface area contributed by atoms with Crippen molar-refractivity contribution in [3.05, 3.63) is 35.2 Å². The van der Waals surface area contributed by atoms with Crippen molar-refractivity contribution in [2.45, 2.75) is 18.9 Å². The van der Waals surface area contributed by atoms with Crippen molar-refractivity contribution in [2.24, 2.45) is 0 Å². The number of nitrogens with one attached hydrogen (secondary N) is 1. The van der Waals surface area contributed by atoms with E-state index in [1.54, 1.807) is 11.3 Å². The lowest BCUT2D eigenvalue weighted by atomic mass is 10.0. The summed E-state index contributed by atoms with van der Waals surface area (Å²) in [6.45, 7) is 3.43. The first-order chi connectivity index (χ1) is 11.7. The lowest BCUT2D eigenvalue weighted by Gasteiger charge is -2.41. The molecule has 1 aromatic carbocycles. The molecule has 0 radical (unpaired) electrons. The van der Waals surface area contributed by atoms with Gasteiger partial charge in [0.15, 0.2) is 0 Å². The Bertz CT molecular complexity index is 739. The number of piperazine rings is 1. The molecule has 2 amide bonds. The summed E-state index contributed by atoms with van der Waals surface area (Å²) < 4.78 is 1.15. The second-order valence-corrected chi connectivity index (χ2v) is 7.54. The average molecular weight is 343 g/mol. The number of hydrogen-bond acceptors (Lipinski definition) is 4. The number of likely N-dealkylation sites (tertiary alicyclic amines) is 1. The molecular weight excluding hydrogens is 322 g/mol. The van der Waals surface area contributed by atoms with E-state index in [1.807, 2.05) is 34.1 Å². The van der Waals surface area contributed by atoms with Gasteiger partial charge in [0, 0.05) is 36.9 Å². The van der Waals surface area contributed by atoms with Crippen LogP contribution in [0, 0.1) is 0 Å². The van der Waals surface area contributed by atoms with Gasteiger partial charge in [-0.15, -0.1) is 11.3 Å². The number of rotatable bonds is 2. The molecule has 6 heteroatoms. The number of benzene rings is 1. The van der Waals surface area contributed by atoms with Crippen LogP contribution < -0.4 is 5.32 Å². The maximum Gasteiger partial charge on any atom is 0.264 e. The fourth-order valence-electron chi connectivity index (χ4n) is 3.64. The SMILES string of the molecule is O=C(c1cc2ccccc2s1)N1CCCC(N2CCNCC2=O)C1. The third kappa shape index (κ3) is 2.91. The van der Waals surface area contributed by atoms with E-state index in [4.69, 9.17) is 0 Å². The maximum atomic E-state index is 12.9. The molecule has 126 valence electrons. The first-order valence-corrected chi connectivity index (χ1v) is 9.32. The van der Waals surface area contributed by atoms with E-state index in [-0.39, 0.29) is 17.9 Å². The first-order valence-electron chi connectivity index (χ1n) is 8.50. The van der Waals surface area contributed by atoms with Gasteiger partial charge in [-0.25, -0.2) is 0 Å². The van der Waals surface area contributed by atoms with Crippen molar-refractivity contribution >= 4 is 33.2 Å². The number of carbonyl (C=O) groups excluding carboxylic acids is 2. The predicted octanol–water partition coefficient (Wildman–Crippen LogP) is 1.94. The van der Waals surface area contributed by atoms with E-state index in [2.05, 4.69) is 11.4 Å². The molecule has 1 atom stereocenters. The predicted molar refractivity (Wildman–Crippen MR) is 95.3 cm³/mol. The number of amides is 2. The number of fused-ring (bicyclic) bond motifs is 1. The van der Waals surface area contributed by atoms with Crippen LogP contribution in [0.2, 0.25) is 0 Å². The molecule has 5 nitrogen and oxygen atoms in total. The van der Waals surface area contributed by atoms with Gasteiger partial charge in [0.2, 0.25) is 5.91 Å². The summed E-state index contributed by atoms with van der Waals surface area (Å²) >= 11 is 1.55. The molecule has 2 saturated heterocycles. The fraction of sp³-hybridized carbons (Fsp3) is 0.444. The summed E-state index contributed by atoms with van der Waals surface area (Å²) in [6.07, 6.45) is 1.94. The summed E-state index contributed by atoms with van der Waals surface area (Å²) in [5, 5.41) is 4.23. The van der Waals surface area contributed by atoms with E-state index in [9.17, 15) is 9.59 Å². The molecule has 4 rings (SSSR count). The summed E-state index contributed by atoms with van der Waals surface area (Å²) in [5.41, 5.74) is 0. The average Bonchev–Trinajstić information content (AvgIpc) is 3.06. The Balaban J connectivity index is 1.50. The molecule has 0 saturated carbocycles. The van der Waals surface area contributed by atoms with E-state index >= 15 is 0 Å². The van der Waals surface area contributed by atoms with Crippen molar-refractivity contribution in [1.29, 1.82) is 0 Å². The van der Waals surface area contributed by atoms with Gasteiger partial charge in [-0.3, -0.25) is 9.59 Å². The smallest absolute Gasteiger partial charge is 0.264 e. The molecule has 2 aromatic rings. The van der Waals surface area contributed by atoms with Gasteiger partial charge in [-0.05, 0) is 30.4 Å². The van der Waals surface area contributed by atoms with Crippen LogP contribution in [0.3, 0.4) is 0 Å². The number of thiophene rings is 1. The Morgan fingerprint density at radius 2 is 2.12 bits per heavy atom. The van der Waals surface area contributed by atoms with Gasteiger partial charge in [0.05, 0.1) is 11.4 Å². The molecule has 1 aromatic heterocycles. The Kier molecular flexibility index (Phi) is 4.24. The van der Waals surface area contributed by atoms with Crippen molar-refractivity contribution in [3.63, 3.8) is 0 Å². The Morgan fingerprint density at radius 3 is 2.96 bits per heavy atom. The summed E-state index contributed by atoms with van der Waals surface area (Å²) in [5.74, 6) is 0.255. The van der Waals surface area contributed by atoms with Crippen molar-refractivity contribution in [3.8, 4) is 0 Å². The molecule has 0 aliphatic carbocycles. The Morgan fingerprint density at radius 1 is 1.25 bits per heavy atom. The minimum Gasteiger partial charge on any atom is -0.336 e. The molecule has 1 unspecified atom stereocenters. The van der Waals surface area contributed by atoms with Crippen molar-refractivity contribution < 1.29 is 9.59 Å². The van der Waals surface area contributed by atoms with Crippen LogP contribution in [-0.4, -0.2) is 60.4 Å². The topological polar surface area (TPSA) is 52.7 Å². The van der Waals surface area contributed by atoms with E-state index in [1.165, 1.54) is 0 Å². The third-order valence-electron chi connectivity index (χ3n) is 4.89. The number of piperidine rings is 1. The van der Waals surface area contributed by atoms with Crippen LogP contribution in [0.15, 0.2) is 30.3 Å². The quantitative estimate of drug-likeness (QED) is 0.907. The fourth-order valence-corrected chi connectivity index (χ4v) is 4.67. The summed E-state index contributed by atoms with van der Waals surface area (Å²) in [7, 11) is 0. The third-order valence-corrected chi connectivity index (χ3v) is 5.99. The molecular formula is C18H21N3O2S. The highest BCUT2D eigenvalue weighted by molar-refractivity contribution is 7.20. The van der Waals surface area contributed by atoms with Gasteiger partial charge in [-0.2, -0.15) is 0 Å². The van der Waals surface area contributed by atoms with Crippen molar-refractivity contribution in [1.82, 2.24) is 15.1 Å². The van der Waals surface area contributed by atoms with Gasteiger partial charge >= 0.3 is 0 Å². The lowest BCUT2D eigenvalue weighted by Crippen LogP contribution is -2.57. The second-order valence-electron chi connectivity index (χ2n) is 6.46. The highest BCUT2D eigenvalue weighted by atomic mass is 32.1. The Hall–Kier alpha value is -1.92. The highest BCUT2D eigenvalue weighted by Crippen LogP contribution is 2.27. The maximum absolute atomic E-state index is 12.9. The molecule has 2 fully saturated rings. The van der Waals surface area contributed by atoms with Crippen LogP contribution in [0.5, 0.6) is 0 Å². The van der Waals surface area contributed by atoms with E-state index < -0.39 is 0 Å². The number of nitrogens with zero attached hydrogens (tertiary/aromatic N) is 2. The van der Waals surface area contributed by atoms with Gasteiger partial charge in [-0.1, -0.05) is 18.2 Å². The van der Waals surface area contributed by atoms with E-state index in [0.717, 1.165) is 47.4 Å². The zero-order valence-corrected chi connectivity index (χ0v) is 14.3. The van der Waals surface area contributed by atoms with Crippen LogP contribution >= 0.6 is 11.3 Å². The van der Waals surface area contributed by atoms with Gasteiger partial charge in [0.25, 0.3) is 5.91 Å². The van der Waals surface area contributed by atoms with Gasteiger partial charge < -0.3 is 15.1 Å². The number of hydrogen-bond donors (Lipinski definition) is 1. The minimum absolute atomic E-state index is 0.100. The molecule has 3 heterocycles. The number of carbonyl (C=O) groups is 2. The van der Waals surface area contributed by atoms with Gasteiger partial charge in [0.1, 0.15) is 0 Å². The standard InChI is InChI=1S/C18H21N3O2S/c22-17-11-19-7-9-21(17)14-5-3-8-20(12-14)18(23)16-10-13-4-1-2-6-15(13)24-16/h1-2,4,6,10,14,19H,3,5,7-9,11-12H2. The molecule has 1 N–H and O–H groups in total. The summed E-state index contributed by atoms with van der Waals surface area (Å²) in [4.78, 5) is 29.7. The molecule has 2 aliphatic rings. The lowest BCUT2D eigenvalue weighted by molar-refractivity contribution is -0.135. The highest BCUT2D eigenvalue weighted by Gasteiger charge is 2.32. The minimum atomic E-state index is 0.100. The largest absolute Gasteiger partial charge is 0.336 e. The zero-order chi connectivity index (χ0) is 16.5. The molecule has 24 heavy (non-hydrogen) atoms. The normalized spacial score (nSPS) is 22.2. The van der Waals surface area contributed by atoms with Crippen LogP contribution in [0.25, 0.3) is 10.1 Å². The molecule has 2 aliphatic heterocycles. The van der Waals surface area contributed by atoms with Crippen LogP contribution in [0.4, 0.5) is 0 Å². The van der Waals surface area contributed by atoms with Crippen LogP contribution in [0.1, 0.15) is 22.5 Å². The Labute approximate surface area is 145 Å². The second kappa shape index (κ2) is 6.53. The molecule has 0 spiro atoms. The first kappa shape index (κ1) is 15.6. The van der Waals surface area contributed by atoms with Crippen LogP contribution in [-0.2, 0) is 4.79 Å². The monoisotopic (exact) mass is 343 g/mol. The summed E-state index contributed by atoms with van der Waals surface area (Å²) in [6, 6.07) is 10.2. The van der Waals surface area contributed by atoms with E-state index in [0.29, 0.717) is 13.1 Å².